The van der Waals surface area contributed by atoms with Crippen molar-refractivity contribution in [3.05, 3.63) is 64.7 Å². The average molecular weight is 319 g/mol. The van der Waals surface area contributed by atoms with Crippen molar-refractivity contribution in [3.8, 4) is 5.75 Å². The Hall–Kier alpha value is -2.04. The number of rotatable bonds is 6. The van der Waals surface area contributed by atoms with E-state index in [2.05, 4.69) is 5.32 Å². The molecule has 0 spiro atoms. The smallest absolute Gasteiger partial charge is 0.234 e. The van der Waals surface area contributed by atoms with E-state index in [9.17, 15) is 4.79 Å². The van der Waals surface area contributed by atoms with Crippen LogP contribution in [0.5, 0.6) is 5.75 Å². The Labute approximate surface area is 135 Å². The predicted octanol–water partition coefficient (Wildman–Crippen LogP) is 3.05. The summed E-state index contributed by atoms with van der Waals surface area (Å²) in [6.07, 6.45) is 0. The Morgan fingerprint density at radius 1 is 1.27 bits per heavy atom. The van der Waals surface area contributed by atoms with Gasteiger partial charge in [-0.25, -0.2) is 0 Å². The van der Waals surface area contributed by atoms with Gasteiger partial charge in [0.1, 0.15) is 12.4 Å². The lowest BCUT2D eigenvalue weighted by molar-refractivity contribution is -0.120. The summed E-state index contributed by atoms with van der Waals surface area (Å²) in [5.74, 6) is 0.592. The van der Waals surface area contributed by atoms with Crippen LogP contribution in [0, 0.1) is 0 Å². The van der Waals surface area contributed by atoms with E-state index < -0.39 is 0 Å². The molecule has 0 aromatic heterocycles. The van der Waals surface area contributed by atoms with Crippen LogP contribution in [0.3, 0.4) is 0 Å². The number of carbonyl (C=O) groups is 1. The van der Waals surface area contributed by atoms with Crippen LogP contribution in [0.1, 0.15) is 24.1 Å². The van der Waals surface area contributed by atoms with Crippen LogP contribution in [0.2, 0.25) is 5.02 Å². The van der Waals surface area contributed by atoms with Gasteiger partial charge in [-0.1, -0.05) is 35.9 Å². The van der Waals surface area contributed by atoms with Gasteiger partial charge in [0.05, 0.1) is 12.6 Å². The van der Waals surface area contributed by atoms with Crippen LogP contribution in [-0.2, 0) is 11.4 Å². The molecule has 0 saturated heterocycles. The highest BCUT2D eigenvalue weighted by atomic mass is 35.5. The predicted molar refractivity (Wildman–Crippen MR) is 87.8 cm³/mol. The third-order valence-electron chi connectivity index (χ3n) is 3.24. The van der Waals surface area contributed by atoms with Crippen molar-refractivity contribution < 1.29 is 9.53 Å². The van der Waals surface area contributed by atoms with Crippen LogP contribution in [-0.4, -0.2) is 12.5 Å². The number of hydrogen-bond donors (Lipinski definition) is 2. The Kier molecular flexibility index (Phi) is 5.81. The van der Waals surface area contributed by atoms with Crippen LogP contribution in [0.4, 0.5) is 0 Å². The van der Waals surface area contributed by atoms with Gasteiger partial charge in [-0.15, -0.1) is 0 Å². The fourth-order valence-electron chi connectivity index (χ4n) is 2.03. The minimum atomic E-state index is -0.172. The molecular weight excluding hydrogens is 300 g/mol. The molecule has 2 aromatic rings. The molecule has 2 rings (SSSR count). The molecule has 0 aliphatic heterocycles. The number of amides is 1. The maximum atomic E-state index is 11.3. The van der Waals surface area contributed by atoms with Crippen molar-refractivity contribution in [2.24, 2.45) is 5.73 Å². The molecule has 0 aliphatic carbocycles. The largest absolute Gasteiger partial charge is 0.489 e. The maximum absolute atomic E-state index is 11.3. The van der Waals surface area contributed by atoms with Crippen molar-refractivity contribution in [1.82, 2.24) is 5.32 Å². The van der Waals surface area contributed by atoms with E-state index in [4.69, 9.17) is 22.1 Å². The minimum absolute atomic E-state index is 0.00876. The van der Waals surface area contributed by atoms with E-state index in [1.807, 2.05) is 55.5 Å². The molecule has 0 fully saturated rings. The zero-order valence-corrected chi connectivity index (χ0v) is 13.1. The van der Waals surface area contributed by atoms with E-state index in [0.717, 1.165) is 16.9 Å². The van der Waals surface area contributed by atoms with E-state index in [-0.39, 0.29) is 18.5 Å². The SMILES string of the molecule is CC(NC(=O)CN)c1ccc(OCc2cccc(Cl)c2)cc1. The molecule has 22 heavy (non-hydrogen) atoms. The molecule has 0 heterocycles. The minimum Gasteiger partial charge on any atom is -0.489 e. The van der Waals surface area contributed by atoms with E-state index in [0.29, 0.717) is 11.6 Å². The number of hydrogen-bond acceptors (Lipinski definition) is 3. The first-order valence-corrected chi connectivity index (χ1v) is 7.43. The topological polar surface area (TPSA) is 64.4 Å². The molecule has 2 aromatic carbocycles. The fraction of sp³-hybridized carbons (Fsp3) is 0.235. The summed E-state index contributed by atoms with van der Waals surface area (Å²) in [5, 5.41) is 3.51. The van der Waals surface area contributed by atoms with Gasteiger partial charge in [-0.2, -0.15) is 0 Å². The second-order valence-corrected chi connectivity index (χ2v) is 5.42. The van der Waals surface area contributed by atoms with Crippen LogP contribution in [0.15, 0.2) is 48.5 Å². The first kappa shape index (κ1) is 16.3. The third-order valence-corrected chi connectivity index (χ3v) is 3.47. The number of benzene rings is 2. The highest BCUT2D eigenvalue weighted by molar-refractivity contribution is 6.30. The van der Waals surface area contributed by atoms with Gasteiger partial charge in [0.25, 0.3) is 0 Å². The number of nitrogens with one attached hydrogen (secondary N) is 1. The van der Waals surface area contributed by atoms with Crippen molar-refractivity contribution in [3.63, 3.8) is 0 Å². The molecule has 5 heteroatoms. The van der Waals surface area contributed by atoms with Crippen LogP contribution < -0.4 is 15.8 Å². The van der Waals surface area contributed by atoms with Gasteiger partial charge in [0, 0.05) is 5.02 Å². The Balaban J connectivity index is 1.93. The fourth-order valence-corrected chi connectivity index (χ4v) is 2.24. The first-order valence-electron chi connectivity index (χ1n) is 7.05. The lowest BCUT2D eigenvalue weighted by Gasteiger charge is -2.14. The van der Waals surface area contributed by atoms with Gasteiger partial charge >= 0.3 is 0 Å². The highest BCUT2D eigenvalue weighted by Crippen LogP contribution is 2.19. The quantitative estimate of drug-likeness (QED) is 0.860. The molecule has 4 nitrogen and oxygen atoms in total. The molecule has 0 bridgehead atoms. The lowest BCUT2D eigenvalue weighted by atomic mass is 10.1. The normalized spacial score (nSPS) is 11.8. The molecule has 3 N–H and O–H groups in total. The molecule has 116 valence electrons. The van der Waals surface area contributed by atoms with E-state index >= 15 is 0 Å². The summed E-state index contributed by atoms with van der Waals surface area (Å²) >= 11 is 5.94. The maximum Gasteiger partial charge on any atom is 0.234 e. The highest BCUT2D eigenvalue weighted by Gasteiger charge is 2.08. The summed E-state index contributed by atoms with van der Waals surface area (Å²) in [6.45, 7) is 2.36. The van der Waals surface area contributed by atoms with Gasteiger partial charge in [0.15, 0.2) is 0 Å². The van der Waals surface area contributed by atoms with Gasteiger partial charge in [-0.3, -0.25) is 4.79 Å². The van der Waals surface area contributed by atoms with Crippen LogP contribution in [0.25, 0.3) is 0 Å². The second kappa shape index (κ2) is 7.82. The van der Waals surface area contributed by atoms with Gasteiger partial charge in [0.2, 0.25) is 5.91 Å². The molecule has 1 amide bonds. The Bertz CT molecular complexity index is 629. The van der Waals surface area contributed by atoms with Crippen molar-refractivity contribution in [2.75, 3.05) is 6.54 Å². The monoisotopic (exact) mass is 318 g/mol. The molecule has 0 saturated carbocycles. The number of nitrogens with two attached hydrogens (primary N) is 1. The number of ether oxygens (including phenoxy) is 1. The molecule has 1 unspecified atom stereocenters. The summed E-state index contributed by atoms with van der Waals surface area (Å²) in [7, 11) is 0. The number of carbonyl (C=O) groups excluding carboxylic acids is 1. The zero-order valence-electron chi connectivity index (χ0n) is 12.4. The standard InChI is InChI=1S/C17H19ClN2O2/c1-12(20-17(21)10-19)14-5-7-16(8-6-14)22-11-13-3-2-4-15(18)9-13/h2-9,12H,10-11,19H2,1H3,(H,20,21). The van der Waals surface area contributed by atoms with Gasteiger partial charge < -0.3 is 15.8 Å². The lowest BCUT2D eigenvalue weighted by Crippen LogP contribution is -2.32. The summed E-state index contributed by atoms with van der Waals surface area (Å²) < 4.78 is 5.72. The average Bonchev–Trinajstić information content (AvgIpc) is 2.53. The van der Waals surface area contributed by atoms with Crippen LogP contribution >= 0.6 is 11.6 Å². The molecular formula is C17H19ClN2O2. The third kappa shape index (κ3) is 4.76. The van der Waals surface area contributed by atoms with E-state index in [1.165, 1.54) is 0 Å². The summed E-state index contributed by atoms with van der Waals surface area (Å²) in [4.78, 5) is 11.3. The van der Waals surface area contributed by atoms with Crippen molar-refractivity contribution in [1.29, 1.82) is 0 Å². The molecule has 0 aliphatic rings. The second-order valence-electron chi connectivity index (χ2n) is 4.98. The molecule has 1 atom stereocenters. The Morgan fingerprint density at radius 2 is 2.00 bits per heavy atom. The first-order chi connectivity index (χ1) is 10.6. The Morgan fingerprint density at radius 3 is 2.64 bits per heavy atom. The molecule has 0 radical (unpaired) electrons. The number of halogens is 1. The van der Waals surface area contributed by atoms with E-state index in [1.54, 1.807) is 0 Å². The summed E-state index contributed by atoms with van der Waals surface area (Å²) in [5.41, 5.74) is 7.30. The van der Waals surface area contributed by atoms with Crippen molar-refractivity contribution >= 4 is 17.5 Å². The van der Waals surface area contributed by atoms with Gasteiger partial charge in [-0.05, 0) is 42.3 Å². The zero-order chi connectivity index (χ0) is 15.9. The summed E-state index contributed by atoms with van der Waals surface area (Å²) in [6, 6.07) is 15.1. The van der Waals surface area contributed by atoms with Crippen molar-refractivity contribution in [2.45, 2.75) is 19.6 Å².